The summed E-state index contributed by atoms with van der Waals surface area (Å²) in [5.41, 5.74) is 1.15. The van der Waals surface area contributed by atoms with E-state index in [0.717, 1.165) is 12.8 Å². The summed E-state index contributed by atoms with van der Waals surface area (Å²) in [7, 11) is 3.19. The Labute approximate surface area is 159 Å². The number of nitrogens with one attached hydrogen (secondary N) is 2. The van der Waals surface area contributed by atoms with Gasteiger partial charge in [-0.25, -0.2) is 9.97 Å². The lowest BCUT2D eigenvalue weighted by Crippen LogP contribution is -2.34. The zero-order valence-electron chi connectivity index (χ0n) is 15.8. The first-order valence-electron chi connectivity index (χ1n) is 9.31. The number of amides is 1. The molecule has 144 valence electrons. The number of anilines is 2. The van der Waals surface area contributed by atoms with E-state index in [9.17, 15) is 4.79 Å². The van der Waals surface area contributed by atoms with Crippen LogP contribution in [-0.4, -0.2) is 36.1 Å². The van der Waals surface area contributed by atoms with Crippen LogP contribution in [0.1, 0.15) is 48.9 Å². The average molecular weight is 370 g/mol. The monoisotopic (exact) mass is 370 g/mol. The molecule has 1 aliphatic rings. The van der Waals surface area contributed by atoms with Crippen molar-refractivity contribution in [3.8, 4) is 11.5 Å². The summed E-state index contributed by atoms with van der Waals surface area (Å²) in [6, 6.07) is 5.66. The van der Waals surface area contributed by atoms with Crippen LogP contribution in [0.2, 0.25) is 0 Å². The highest BCUT2D eigenvalue weighted by Gasteiger charge is 2.16. The lowest BCUT2D eigenvalue weighted by molar-refractivity contribution is 0.0932. The number of benzene rings is 1. The summed E-state index contributed by atoms with van der Waals surface area (Å²) in [4.78, 5) is 20.9. The molecule has 0 unspecified atom stereocenters. The molecule has 0 atom stereocenters. The van der Waals surface area contributed by atoms with E-state index in [-0.39, 0.29) is 11.9 Å². The Balaban J connectivity index is 1.65. The van der Waals surface area contributed by atoms with Crippen LogP contribution in [0.25, 0.3) is 0 Å². The van der Waals surface area contributed by atoms with Crippen LogP contribution in [0.5, 0.6) is 11.5 Å². The molecule has 27 heavy (non-hydrogen) atoms. The second-order valence-corrected chi connectivity index (χ2v) is 6.65. The van der Waals surface area contributed by atoms with Gasteiger partial charge in [0.25, 0.3) is 5.91 Å². The van der Waals surface area contributed by atoms with Gasteiger partial charge < -0.3 is 20.1 Å². The predicted molar refractivity (Wildman–Crippen MR) is 104 cm³/mol. The van der Waals surface area contributed by atoms with Crippen LogP contribution in [0.4, 0.5) is 11.6 Å². The minimum absolute atomic E-state index is 0.118. The normalized spacial score (nSPS) is 14.9. The van der Waals surface area contributed by atoms with Crippen molar-refractivity contribution in [2.24, 2.45) is 0 Å². The highest BCUT2D eigenvalue weighted by molar-refractivity contribution is 5.93. The Bertz CT molecular complexity index is 756. The van der Waals surface area contributed by atoms with Crippen molar-refractivity contribution in [1.82, 2.24) is 15.3 Å². The predicted octanol–water partition coefficient (Wildman–Crippen LogP) is 3.69. The molecule has 1 aliphatic carbocycles. The van der Waals surface area contributed by atoms with Gasteiger partial charge in [-0.1, -0.05) is 25.7 Å². The molecular formula is C20H26N4O3. The van der Waals surface area contributed by atoms with E-state index in [1.807, 2.05) is 6.07 Å². The van der Waals surface area contributed by atoms with E-state index in [1.165, 1.54) is 38.1 Å². The van der Waals surface area contributed by atoms with Crippen molar-refractivity contribution in [1.29, 1.82) is 0 Å². The van der Waals surface area contributed by atoms with Gasteiger partial charge in [0.05, 0.1) is 25.5 Å². The largest absolute Gasteiger partial charge is 0.497 e. The quantitative estimate of drug-likeness (QED) is 0.755. The van der Waals surface area contributed by atoms with Gasteiger partial charge in [-0.2, -0.15) is 0 Å². The summed E-state index contributed by atoms with van der Waals surface area (Å²) < 4.78 is 10.6. The fourth-order valence-corrected chi connectivity index (χ4v) is 3.23. The Hall–Kier alpha value is -2.83. The molecule has 0 spiro atoms. The molecule has 0 radical (unpaired) electrons. The molecule has 2 aromatic rings. The van der Waals surface area contributed by atoms with E-state index in [0.29, 0.717) is 28.7 Å². The molecule has 2 N–H and O–H groups in total. The Morgan fingerprint density at radius 1 is 1.04 bits per heavy atom. The first-order chi connectivity index (χ1) is 13.2. The molecule has 1 heterocycles. The third-order valence-corrected chi connectivity index (χ3v) is 4.76. The van der Waals surface area contributed by atoms with Gasteiger partial charge in [0.2, 0.25) is 5.95 Å². The molecular weight excluding hydrogens is 344 g/mol. The standard InChI is InChI=1S/C20H26N4O3/c1-26-16-9-10-18(27-2)17(11-16)24-20-21-12-14(13-22-20)19(25)23-15-7-5-3-4-6-8-15/h9-13,15H,3-8H2,1-2H3,(H,23,25)(H,21,22,24). The van der Waals surface area contributed by atoms with Crippen molar-refractivity contribution in [3.05, 3.63) is 36.2 Å². The van der Waals surface area contributed by atoms with Crippen molar-refractivity contribution in [3.63, 3.8) is 0 Å². The van der Waals surface area contributed by atoms with Gasteiger partial charge in [-0.15, -0.1) is 0 Å². The maximum Gasteiger partial charge on any atom is 0.254 e. The molecule has 1 saturated carbocycles. The first-order valence-corrected chi connectivity index (χ1v) is 9.31. The highest BCUT2D eigenvalue weighted by atomic mass is 16.5. The average Bonchev–Trinajstić information content (AvgIpc) is 2.97. The van der Waals surface area contributed by atoms with Crippen LogP contribution in [0.15, 0.2) is 30.6 Å². The third-order valence-electron chi connectivity index (χ3n) is 4.76. The second kappa shape index (κ2) is 9.21. The molecule has 3 rings (SSSR count). The summed E-state index contributed by atoms with van der Waals surface area (Å²) >= 11 is 0. The minimum atomic E-state index is -0.118. The van der Waals surface area contributed by atoms with E-state index < -0.39 is 0 Å². The maximum absolute atomic E-state index is 12.4. The lowest BCUT2D eigenvalue weighted by atomic mass is 10.1. The fraction of sp³-hybridized carbons (Fsp3) is 0.450. The van der Waals surface area contributed by atoms with Crippen molar-refractivity contribution in [2.75, 3.05) is 19.5 Å². The Morgan fingerprint density at radius 3 is 2.37 bits per heavy atom. The number of carbonyl (C=O) groups is 1. The van der Waals surface area contributed by atoms with Gasteiger partial charge in [0.15, 0.2) is 0 Å². The second-order valence-electron chi connectivity index (χ2n) is 6.65. The SMILES string of the molecule is COc1ccc(OC)c(Nc2ncc(C(=O)NC3CCCCCC3)cn2)c1. The maximum atomic E-state index is 12.4. The number of carbonyl (C=O) groups excluding carboxylic acids is 1. The Kier molecular flexibility index (Phi) is 6.46. The smallest absolute Gasteiger partial charge is 0.254 e. The number of nitrogens with zero attached hydrogens (tertiary/aromatic N) is 2. The number of ether oxygens (including phenoxy) is 2. The lowest BCUT2D eigenvalue weighted by Gasteiger charge is -2.16. The van der Waals surface area contributed by atoms with Gasteiger partial charge in [-0.3, -0.25) is 4.79 Å². The zero-order chi connectivity index (χ0) is 19.1. The van der Waals surface area contributed by atoms with Crippen LogP contribution < -0.4 is 20.1 Å². The van der Waals surface area contributed by atoms with Gasteiger partial charge in [0.1, 0.15) is 11.5 Å². The summed E-state index contributed by atoms with van der Waals surface area (Å²) in [5.74, 6) is 1.60. The summed E-state index contributed by atoms with van der Waals surface area (Å²) in [5, 5.41) is 6.20. The Morgan fingerprint density at radius 2 is 1.74 bits per heavy atom. The molecule has 7 nitrogen and oxygen atoms in total. The summed E-state index contributed by atoms with van der Waals surface area (Å²) in [6.45, 7) is 0. The van der Waals surface area contributed by atoms with Crippen molar-refractivity contribution >= 4 is 17.5 Å². The van der Waals surface area contributed by atoms with Crippen molar-refractivity contribution in [2.45, 2.75) is 44.6 Å². The molecule has 0 aliphatic heterocycles. The third kappa shape index (κ3) is 5.09. The van der Waals surface area contributed by atoms with E-state index in [1.54, 1.807) is 26.4 Å². The number of rotatable bonds is 6. The first kappa shape index (κ1) is 18.9. The topological polar surface area (TPSA) is 85.4 Å². The van der Waals surface area contributed by atoms with Gasteiger partial charge >= 0.3 is 0 Å². The minimum Gasteiger partial charge on any atom is -0.497 e. The summed E-state index contributed by atoms with van der Waals surface area (Å²) in [6.07, 6.45) is 10.0. The zero-order valence-corrected chi connectivity index (χ0v) is 15.8. The van der Waals surface area contributed by atoms with Gasteiger partial charge in [-0.05, 0) is 25.0 Å². The van der Waals surface area contributed by atoms with Crippen LogP contribution in [0, 0.1) is 0 Å². The number of hydrogen-bond acceptors (Lipinski definition) is 6. The van der Waals surface area contributed by atoms with E-state index in [4.69, 9.17) is 9.47 Å². The molecule has 1 fully saturated rings. The van der Waals surface area contributed by atoms with Gasteiger partial charge in [0, 0.05) is 24.5 Å². The molecule has 1 aromatic heterocycles. The molecule has 7 heteroatoms. The van der Waals surface area contributed by atoms with Crippen LogP contribution in [-0.2, 0) is 0 Å². The van der Waals surface area contributed by atoms with Crippen LogP contribution >= 0.6 is 0 Å². The van der Waals surface area contributed by atoms with E-state index in [2.05, 4.69) is 20.6 Å². The fourth-order valence-electron chi connectivity index (χ4n) is 3.23. The number of methoxy groups -OCH3 is 2. The number of hydrogen-bond donors (Lipinski definition) is 2. The molecule has 0 saturated heterocycles. The molecule has 1 aromatic carbocycles. The van der Waals surface area contributed by atoms with Crippen molar-refractivity contribution < 1.29 is 14.3 Å². The molecule has 1 amide bonds. The number of aromatic nitrogens is 2. The molecule has 0 bridgehead atoms. The highest BCUT2D eigenvalue weighted by Crippen LogP contribution is 2.30. The van der Waals surface area contributed by atoms with Crippen LogP contribution in [0.3, 0.4) is 0 Å². The van der Waals surface area contributed by atoms with E-state index >= 15 is 0 Å².